The molecule has 3 aromatic rings. The monoisotopic (exact) mass is 446 g/mol. The van der Waals surface area contributed by atoms with Crippen molar-refractivity contribution in [2.24, 2.45) is 0 Å². The lowest BCUT2D eigenvalue weighted by Gasteiger charge is -2.14. The fourth-order valence-electron chi connectivity index (χ4n) is 2.86. The minimum absolute atomic E-state index is 0.139. The summed E-state index contributed by atoms with van der Waals surface area (Å²) in [7, 11) is 0. The maximum atomic E-state index is 13.9. The lowest BCUT2D eigenvalue weighted by atomic mass is 9.92. The third-order valence-corrected chi connectivity index (χ3v) is 4.54. The molecule has 0 spiro atoms. The molecule has 0 bridgehead atoms. The van der Waals surface area contributed by atoms with Gasteiger partial charge < -0.3 is 10.4 Å². The van der Waals surface area contributed by atoms with E-state index in [1.807, 2.05) is 20.8 Å². The zero-order chi connectivity index (χ0) is 23.6. The van der Waals surface area contributed by atoms with E-state index in [2.05, 4.69) is 15.7 Å². The number of aliphatic carboxylic acids is 1. The second kappa shape index (κ2) is 8.74. The molecular weight excluding hydrogens is 425 g/mol. The molecule has 0 saturated heterocycles. The Hall–Kier alpha value is -3.82. The topological polar surface area (TPSA) is 96.2 Å². The zero-order valence-corrected chi connectivity index (χ0v) is 17.5. The summed E-state index contributed by atoms with van der Waals surface area (Å²) >= 11 is 0. The van der Waals surface area contributed by atoms with E-state index >= 15 is 0 Å². The number of benzene rings is 2. The number of urea groups is 1. The molecule has 0 fully saturated rings. The van der Waals surface area contributed by atoms with Gasteiger partial charge in [-0.3, -0.25) is 10.1 Å². The van der Waals surface area contributed by atoms with Crippen LogP contribution in [0.1, 0.15) is 32.0 Å². The van der Waals surface area contributed by atoms with Crippen LogP contribution in [0, 0.1) is 17.5 Å². The van der Waals surface area contributed by atoms with E-state index in [-0.39, 0.29) is 17.7 Å². The molecule has 2 aromatic carbocycles. The number of anilines is 2. The maximum absolute atomic E-state index is 13.9. The molecule has 1 aromatic heterocycles. The normalized spacial score (nSPS) is 11.3. The number of amides is 2. The van der Waals surface area contributed by atoms with Crippen LogP contribution in [0.2, 0.25) is 0 Å². The first-order chi connectivity index (χ1) is 15.0. The molecule has 2 amide bonds. The Kier molecular flexibility index (Phi) is 6.24. The average molecular weight is 446 g/mol. The van der Waals surface area contributed by atoms with Crippen molar-refractivity contribution < 1.29 is 27.9 Å². The fourth-order valence-corrected chi connectivity index (χ4v) is 2.86. The number of aromatic nitrogens is 2. The summed E-state index contributed by atoms with van der Waals surface area (Å²) in [6.07, 6.45) is -0.139. The number of hydrogen-bond donors (Lipinski definition) is 3. The number of carboxylic acids is 1. The van der Waals surface area contributed by atoms with Crippen molar-refractivity contribution in [1.82, 2.24) is 9.78 Å². The predicted molar refractivity (Wildman–Crippen MR) is 113 cm³/mol. The van der Waals surface area contributed by atoms with Crippen LogP contribution in [0.5, 0.6) is 0 Å². The summed E-state index contributed by atoms with van der Waals surface area (Å²) < 4.78 is 41.9. The Balaban J connectivity index is 1.90. The van der Waals surface area contributed by atoms with E-state index < -0.39 is 35.1 Å². The molecule has 1 heterocycles. The second-order valence-corrected chi connectivity index (χ2v) is 8.12. The van der Waals surface area contributed by atoms with E-state index in [9.17, 15) is 22.8 Å². The lowest BCUT2D eigenvalue weighted by molar-refractivity contribution is -0.136. The third kappa shape index (κ3) is 5.08. The number of nitrogens with one attached hydrogen (secondary N) is 2. The smallest absolute Gasteiger partial charge is 0.324 e. The van der Waals surface area contributed by atoms with E-state index in [0.29, 0.717) is 23.0 Å². The second-order valence-electron chi connectivity index (χ2n) is 8.12. The number of carbonyl (C=O) groups excluding carboxylic acids is 1. The SMILES string of the molecule is CC(C)(C)c1cc(NC(=O)Nc2ccc(F)c(F)c2F)n(-c2ccc(CC(=O)O)cc2)n1. The summed E-state index contributed by atoms with van der Waals surface area (Å²) in [5.74, 6) is -5.30. The molecule has 3 rings (SSSR count). The number of carboxylic acid groups (broad SMARTS) is 1. The number of halogens is 3. The van der Waals surface area contributed by atoms with Crippen LogP contribution >= 0.6 is 0 Å². The van der Waals surface area contributed by atoms with Crippen LogP contribution in [0.3, 0.4) is 0 Å². The van der Waals surface area contributed by atoms with Gasteiger partial charge in [0.2, 0.25) is 0 Å². The molecule has 0 unspecified atom stereocenters. The summed E-state index contributed by atoms with van der Waals surface area (Å²) in [5, 5.41) is 18.1. The Morgan fingerprint density at radius 1 is 1.00 bits per heavy atom. The van der Waals surface area contributed by atoms with Gasteiger partial charge in [-0.1, -0.05) is 32.9 Å². The molecule has 168 valence electrons. The highest BCUT2D eigenvalue weighted by Gasteiger charge is 2.22. The van der Waals surface area contributed by atoms with Crippen LogP contribution in [0.25, 0.3) is 5.69 Å². The van der Waals surface area contributed by atoms with E-state index in [1.165, 1.54) is 4.68 Å². The van der Waals surface area contributed by atoms with Gasteiger partial charge in [0.25, 0.3) is 0 Å². The van der Waals surface area contributed by atoms with E-state index in [4.69, 9.17) is 5.11 Å². The summed E-state index contributed by atoms with van der Waals surface area (Å²) in [6.45, 7) is 5.78. The predicted octanol–water partition coefficient (Wildman–Crippen LogP) is 4.86. The third-order valence-electron chi connectivity index (χ3n) is 4.54. The van der Waals surface area contributed by atoms with Gasteiger partial charge in [0.05, 0.1) is 23.5 Å². The molecular formula is C22H21F3N4O3. The van der Waals surface area contributed by atoms with Crippen molar-refractivity contribution in [1.29, 1.82) is 0 Å². The van der Waals surface area contributed by atoms with Gasteiger partial charge in [-0.25, -0.2) is 22.6 Å². The van der Waals surface area contributed by atoms with E-state index in [0.717, 1.165) is 6.07 Å². The van der Waals surface area contributed by atoms with Gasteiger partial charge in [0.15, 0.2) is 17.5 Å². The lowest BCUT2D eigenvalue weighted by Crippen LogP contribution is -2.22. The van der Waals surface area contributed by atoms with Crippen molar-refractivity contribution in [2.75, 3.05) is 10.6 Å². The number of hydrogen-bond acceptors (Lipinski definition) is 3. The first kappa shape index (κ1) is 22.9. The van der Waals surface area contributed by atoms with Crippen molar-refractivity contribution in [3.63, 3.8) is 0 Å². The fraction of sp³-hybridized carbons (Fsp3) is 0.227. The van der Waals surface area contributed by atoms with Crippen LogP contribution in [-0.2, 0) is 16.6 Å². The van der Waals surface area contributed by atoms with Crippen LogP contribution in [0.4, 0.5) is 29.5 Å². The van der Waals surface area contributed by atoms with Crippen molar-refractivity contribution in [3.8, 4) is 5.69 Å². The molecule has 0 atom stereocenters. The van der Waals surface area contributed by atoms with Gasteiger partial charge in [-0.05, 0) is 29.8 Å². The summed E-state index contributed by atoms with van der Waals surface area (Å²) in [5.41, 5.74) is 0.880. The van der Waals surface area contributed by atoms with Gasteiger partial charge in [0.1, 0.15) is 5.82 Å². The number of nitrogens with zero attached hydrogens (tertiary/aromatic N) is 2. The standard InChI is InChI=1S/C22H21F3N4O3/c1-22(2,3)16-11-17(27-21(32)26-15-9-8-14(23)19(24)20(15)25)29(28-16)13-6-4-12(5-7-13)10-18(30)31/h4-9,11H,10H2,1-3H3,(H,30,31)(H2,26,27,32). The summed E-state index contributed by atoms with van der Waals surface area (Å²) in [6, 6.07) is 8.91. The van der Waals surface area contributed by atoms with Crippen LogP contribution < -0.4 is 10.6 Å². The Morgan fingerprint density at radius 2 is 1.66 bits per heavy atom. The molecule has 0 aliphatic carbocycles. The molecule has 0 aliphatic rings. The molecule has 10 heteroatoms. The van der Waals surface area contributed by atoms with Crippen molar-refractivity contribution in [3.05, 3.63) is 71.2 Å². The largest absolute Gasteiger partial charge is 0.481 e. The molecule has 0 aliphatic heterocycles. The van der Waals surface area contributed by atoms with Crippen molar-refractivity contribution >= 4 is 23.5 Å². The number of rotatable bonds is 5. The highest BCUT2D eigenvalue weighted by atomic mass is 19.2. The highest BCUT2D eigenvalue weighted by molar-refractivity contribution is 5.99. The molecule has 0 radical (unpaired) electrons. The Labute approximate surface area is 181 Å². The first-order valence-electron chi connectivity index (χ1n) is 9.59. The Bertz CT molecular complexity index is 1170. The average Bonchev–Trinajstić information content (AvgIpc) is 3.13. The molecule has 3 N–H and O–H groups in total. The van der Waals surface area contributed by atoms with Gasteiger partial charge in [-0.15, -0.1) is 0 Å². The molecule has 0 saturated carbocycles. The van der Waals surface area contributed by atoms with Gasteiger partial charge >= 0.3 is 12.0 Å². The minimum Gasteiger partial charge on any atom is -0.481 e. The highest BCUT2D eigenvalue weighted by Crippen LogP contribution is 2.27. The zero-order valence-electron chi connectivity index (χ0n) is 17.5. The quantitative estimate of drug-likeness (QED) is 0.488. The summed E-state index contributed by atoms with van der Waals surface area (Å²) in [4.78, 5) is 23.3. The first-order valence-corrected chi connectivity index (χ1v) is 9.59. The van der Waals surface area contributed by atoms with Gasteiger partial charge in [-0.2, -0.15) is 5.10 Å². The molecule has 32 heavy (non-hydrogen) atoms. The maximum Gasteiger partial charge on any atom is 0.324 e. The van der Waals surface area contributed by atoms with Gasteiger partial charge in [0, 0.05) is 11.5 Å². The van der Waals surface area contributed by atoms with Crippen LogP contribution in [0.15, 0.2) is 42.5 Å². The number of carbonyl (C=O) groups is 2. The minimum atomic E-state index is -1.69. The van der Waals surface area contributed by atoms with Crippen LogP contribution in [-0.4, -0.2) is 26.9 Å². The van der Waals surface area contributed by atoms with E-state index in [1.54, 1.807) is 30.3 Å². The Morgan fingerprint density at radius 3 is 2.25 bits per heavy atom. The van der Waals surface area contributed by atoms with Crippen molar-refractivity contribution in [2.45, 2.75) is 32.6 Å². The molecule has 7 nitrogen and oxygen atoms in total.